The number of carboxylic acids is 1. The zero-order valence-corrected chi connectivity index (χ0v) is 10.4. The van der Waals surface area contributed by atoms with Crippen molar-refractivity contribution in [3.63, 3.8) is 0 Å². The maximum absolute atomic E-state index is 11.7. The molecule has 0 spiro atoms. The highest BCUT2D eigenvalue weighted by Crippen LogP contribution is 2.16. The summed E-state index contributed by atoms with van der Waals surface area (Å²) in [5.41, 5.74) is -0.816. The van der Waals surface area contributed by atoms with E-state index in [0.29, 0.717) is 0 Å². The van der Waals surface area contributed by atoms with E-state index in [2.05, 4.69) is 5.10 Å². The van der Waals surface area contributed by atoms with E-state index >= 15 is 0 Å². The van der Waals surface area contributed by atoms with Gasteiger partial charge in [-0.25, -0.2) is 13.2 Å². The quantitative estimate of drug-likeness (QED) is 0.840. The molecule has 0 bridgehead atoms. The van der Waals surface area contributed by atoms with E-state index in [1.54, 1.807) is 13.8 Å². The van der Waals surface area contributed by atoms with Crippen LogP contribution in [0.1, 0.15) is 40.7 Å². The van der Waals surface area contributed by atoms with Gasteiger partial charge in [0.05, 0.1) is 6.20 Å². The Morgan fingerprint density at radius 2 is 1.94 bits per heavy atom. The zero-order chi connectivity index (χ0) is 13.4. The summed E-state index contributed by atoms with van der Waals surface area (Å²) in [7, 11) is -4.00. The lowest BCUT2D eigenvalue weighted by Gasteiger charge is -2.09. The fourth-order valence-electron chi connectivity index (χ4n) is 1.29. The molecule has 1 rings (SSSR count). The van der Waals surface area contributed by atoms with E-state index in [1.807, 2.05) is 0 Å². The van der Waals surface area contributed by atoms with Gasteiger partial charge in [0.15, 0.2) is 0 Å². The Balaban J connectivity index is 3.53. The van der Waals surface area contributed by atoms with Gasteiger partial charge in [0.25, 0.3) is 5.12 Å². The molecule has 0 fully saturated rings. The summed E-state index contributed by atoms with van der Waals surface area (Å²) in [6.45, 7) is 3.33. The van der Waals surface area contributed by atoms with E-state index < -0.39 is 32.2 Å². The maximum atomic E-state index is 11.7. The van der Waals surface area contributed by atoms with Crippen molar-refractivity contribution in [3.8, 4) is 0 Å². The third-order valence-corrected chi connectivity index (χ3v) is 2.91. The number of nitrogens with zero attached hydrogens (tertiary/aromatic N) is 2. The summed E-state index contributed by atoms with van der Waals surface area (Å²) in [5.74, 6) is -1.39. The molecule has 8 heteroatoms. The molecule has 1 N–H and O–H groups in total. The van der Waals surface area contributed by atoms with Crippen LogP contribution in [0.5, 0.6) is 0 Å². The monoisotopic (exact) mass is 260 g/mol. The summed E-state index contributed by atoms with van der Waals surface area (Å²) in [6, 6.07) is -0.316. The van der Waals surface area contributed by atoms with Gasteiger partial charge in [-0.15, -0.1) is 0 Å². The maximum Gasteiger partial charge on any atom is 0.339 e. The molecule has 0 amide bonds. The number of rotatable bonds is 3. The third kappa shape index (κ3) is 2.52. The number of carbonyl (C=O) groups excluding carboxylic acids is 1. The molecular formula is C9H12N2O5S. The predicted octanol–water partition coefficient (Wildman–Crippen LogP) is 0.347. The number of sulfone groups is 1. The Morgan fingerprint density at radius 1 is 1.41 bits per heavy atom. The number of aromatic carboxylic acids is 1. The Kier molecular flexibility index (Phi) is 3.37. The Labute approximate surface area is 98.0 Å². The Bertz CT molecular complexity index is 570. The molecule has 17 heavy (non-hydrogen) atoms. The van der Waals surface area contributed by atoms with Crippen LogP contribution in [0.15, 0.2) is 6.20 Å². The van der Waals surface area contributed by atoms with Crippen molar-refractivity contribution in [3.05, 3.63) is 17.5 Å². The van der Waals surface area contributed by atoms with E-state index in [-0.39, 0.29) is 6.04 Å². The minimum absolute atomic E-state index is 0.316. The normalized spacial score (nSPS) is 11.8. The zero-order valence-electron chi connectivity index (χ0n) is 9.54. The fraction of sp³-hybridized carbons (Fsp3) is 0.444. The first-order chi connectivity index (χ1) is 7.66. The molecule has 0 saturated carbocycles. The van der Waals surface area contributed by atoms with Crippen molar-refractivity contribution >= 4 is 20.9 Å². The number of carboxylic acid groups (broad SMARTS) is 1. The topological polar surface area (TPSA) is 106 Å². The first-order valence-corrected chi connectivity index (χ1v) is 6.60. The van der Waals surface area contributed by atoms with Crippen LogP contribution in [0.3, 0.4) is 0 Å². The summed E-state index contributed by atoms with van der Waals surface area (Å²) in [4.78, 5) is 22.6. The summed E-state index contributed by atoms with van der Waals surface area (Å²) in [5, 5.41) is 11.4. The molecule has 0 radical (unpaired) electrons. The SMILES string of the molecule is CC(C)n1ncc(C(=O)O)c1C(=O)S(C)(=O)=O. The van der Waals surface area contributed by atoms with E-state index in [9.17, 15) is 18.0 Å². The van der Waals surface area contributed by atoms with Gasteiger partial charge in [-0.1, -0.05) is 0 Å². The molecule has 1 aromatic rings. The summed E-state index contributed by atoms with van der Waals surface area (Å²) < 4.78 is 23.5. The van der Waals surface area contributed by atoms with Gasteiger partial charge in [-0.3, -0.25) is 9.48 Å². The predicted molar refractivity (Wildman–Crippen MR) is 58.7 cm³/mol. The van der Waals surface area contributed by atoms with Crippen molar-refractivity contribution < 1.29 is 23.1 Å². The molecule has 1 aromatic heterocycles. The standard InChI is InChI=1S/C9H12N2O5S/c1-5(2)11-7(9(14)17(3,15)16)6(4-10-11)8(12)13/h4-5H,1-3H3,(H,12,13). The summed E-state index contributed by atoms with van der Waals surface area (Å²) >= 11 is 0. The lowest BCUT2D eigenvalue weighted by Crippen LogP contribution is -2.21. The third-order valence-electron chi connectivity index (χ3n) is 2.05. The molecule has 1 heterocycles. The first-order valence-electron chi connectivity index (χ1n) is 4.71. The molecular weight excluding hydrogens is 248 g/mol. The molecule has 0 aliphatic carbocycles. The minimum Gasteiger partial charge on any atom is -0.478 e. The lowest BCUT2D eigenvalue weighted by atomic mass is 10.2. The van der Waals surface area contributed by atoms with E-state index in [1.165, 1.54) is 0 Å². The average molecular weight is 260 g/mol. The van der Waals surface area contributed by atoms with E-state index in [4.69, 9.17) is 5.11 Å². The highest BCUT2D eigenvalue weighted by atomic mass is 32.2. The second-order valence-electron chi connectivity index (χ2n) is 3.81. The highest BCUT2D eigenvalue weighted by molar-refractivity contribution is 8.06. The van der Waals surface area contributed by atoms with Gasteiger partial charge in [-0.05, 0) is 13.8 Å². The van der Waals surface area contributed by atoms with Crippen LogP contribution < -0.4 is 0 Å². The van der Waals surface area contributed by atoms with Crippen LogP contribution in [0.2, 0.25) is 0 Å². The number of carbonyl (C=O) groups is 2. The number of hydrogen-bond donors (Lipinski definition) is 1. The molecule has 0 atom stereocenters. The number of aromatic nitrogens is 2. The Morgan fingerprint density at radius 3 is 2.29 bits per heavy atom. The van der Waals surface area contributed by atoms with Crippen molar-refractivity contribution in [2.45, 2.75) is 19.9 Å². The first kappa shape index (κ1) is 13.4. The number of hydrogen-bond acceptors (Lipinski definition) is 5. The summed E-state index contributed by atoms with van der Waals surface area (Å²) in [6.07, 6.45) is 1.71. The second-order valence-corrected chi connectivity index (χ2v) is 5.73. The lowest BCUT2D eigenvalue weighted by molar-refractivity contribution is 0.0693. The highest BCUT2D eigenvalue weighted by Gasteiger charge is 2.30. The smallest absolute Gasteiger partial charge is 0.339 e. The van der Waals surface area contributed by atoms with E-state index in [0.717, 1.165) is 17.1 Å². The molecule has 0 saturated heterocycles. The van der Waals surface area contributed by atoms with Crippen LogP contribution in [0.25, 0.3) is 0 Å². The van der Waals surface area contributed by atoms with Gasteiger partial charge in [0.2, 0.25) is 9.84 Å². The van der Waals surface area contributed by atoms with Crippen molar-refractivity contribution in [1.82, 2.24) is 9.78 Å². The minimum atomic E-state index is -4.00. The molecule has 0 aromatic carbocycles. The molecule has 94 valence electrons. The van der Waals surface area contributed by atoms with Crippen molar-refractivity contribution in [2.75, 3.05) is 6.26 Å². The van der Waals surface area contributed by atoms with Crippen molar-refractivity contribution in [2.24, 2.45) is 0 Å². The van der Waals surface area contributed by atoms with Gasteiger partial charge >= 0.3 is 5.97 Å². The Hall–Kier alpha value is -1.70. The van der Waals surface area contributed by atoms with Crippen LogP contribution in [-0.4, -0.2) is 40.6 Å². The molecule has 0 aliphatic rings. The molecule has 0 unspecified atom stereocenters. The van der Waals surface area contributed by atoms with Crippen molar-refractivity contribution in [1.29, 1.82) is 0 Å². The van der Waals surface area contributed by atoms with Gasteiger partial charge in [0, 0.05) is 12.3 Å². The van der Waals surface area contributed by atoms with Gasteiger partial charge in [-0.2, -0.15) is 5.10 Å². The molecule has 0 aliphatic heterocycles. The molecule has 7 nitrogen and oxygen atoms in total. The van der Waals surface area contributed by atoms with Gasteiger partial charge in [0.1, 0.15) is 11.3 Å². The average Bonchev–Trinajstić information content (AvgIpc) is 2.58. The van der Waals surface area contributed by atoms with Crippen LogP contribution in [0.4, 0.5) is 0 Å². The van der Waals surface area contributed by atoms with Gasteiger partial charge < -0.3 is 5.11 Å². The van der Waals surface area contributed by atoms with Crippen LogP contribution >= 0.6 is 0 Å². The second kappa shape index (κ2) is 4.28. The van der Waals surface area contributed by atoms with Crippen LogP contribution in [-0.2, 0) is 9.84 Å². The van der Waals surface area contributed by atoms with Crippen LogP contribution in [0, 0.1) is 0 Å². The largest absolute Gasteiger partial charge is 0.478 e. The fourth-order valence-corrected chi connectivity index (χ4v) is 1.84.